The zero-order valence-electron chi connectivity index (χ0n) is 16.2. The minimum Gasteiger partial charge on any atom is -0.360 e. The first kappa shape index (κ1) is 20.2. The number of sulfone groups is 1. The van der Waals surface area contributed by atoms with Crippen molar-refractivity contribution in [1.29, 1.82) is 0 Å². The molecule has 8 heteroatoms. The van der Waals surface area contributed by atoms with Gasteiger partial charge in [0.2, 0.25) is 0 Å². The van der Waals surface area contributed by atoms with Crippen molar-refractivity contribution >= 4 is 21.4 Å². The number of ketones is 2. The molecule has 1 saturated heterocycles. The third-order valence-electron chi connectivity index (χ3n) is 5.80. The van der Waals surface area contributed by atoms with E-state index in [1.165, 1.54) is 0 Å². The second-order valence-electron chi connectivity index (χ2n) is 8.31. The van der Waals surface area contributed by atoms with E-state index in [1.807, 2.05) is 0 Å². The molecule has 1 N–H and O–H groups in total. The standard InChI is InChI=1S/C19H28N2O5S/c1-11(2)13-8-14-18(15(22)9-13)19(26-21-14)17(12-4-6-20-7-5-12)16(23)10-27(3,24)25/h11-13,17,20H,4-10H2,1-3H3. The van der Waals surface area contributed by atoms with E-state index >= 15 is 0 Å². The van der Waals surface area contributed by atoms with Crippen LogP contribution in [0.5, 0.6) is 0 Å². The molecule has 150 valence electrons. The highest BCUT2D eigenvalue weighted by molar-refractivity contribution is 7.91. The average Bonchev–Trinajstić information content (AvgIpc) is 2.98. The molecule has 7 nitrogen and oxygen atoms in total. The molecule has 0 bridgehead atoms. The molecule has 27 heavy (non-hydrogen) atoms. The topological polar surface area (TPSA) is 106 Å². The molecule has 1 aromatic heterocycles. The maximum absolute atomic E-state index is 12.9. The van der Waals surface area contributed by atoms with E-state index in [4.69, 9.17) is 4.52 Å². The molecule has 0 amide bonds. The van der Waals surface area contributed by atoms with Crippen LogP contribution < -0.4 is 5.32 Å². The molecule has 2 atom stereocenters. The Hall–Kier alpha value is -1.54. The van der Waals surface area contributed by atoms with Crippen LogP contribution in [0, 0.1) is 17.8 Å². The molecule has 1 aliphatic heterocycles. The van der Waals surface area contributed by atoms with Crippen molar-refractivity contribution in [3.63, 3.8) is 0 Å². The molecule has 3 rings (SSSR count). The molecule has 0 aromatic carbocycles. The Balaban J connectivity index is 1.98. The molecule has 1 aliphatic carbocycles. The van der Waals surface area contributed by atoms with Crippen LogP contribution in [0.4, 0.5) is 0 Å². The first-order chi connectivity index (χ1) is 12.7. The van der Waals surface area contributed by atoms with Crippen LogP contribution in [0.2, 0.25) is 0 Å². The van der Waals surface area contributed by atoms with Gasteiger partial charge in [-0.1, -0.05) is 19.0 Å². The summed E-state index contributed by atoms with van der Waals surface area (Å²) in [5, 5.41) is 7.37. The summed E-state index contributed by atoms with van der Waals surface area (Å²) in [5.41, 5.74) is 1.04. The lowest BCUT2D eigenvalue weighted by molar-refractivity contribution is -0.120. The number of hydrogen-bond donors (Lipinski definition) is 1. The fraction of sp³-hybridized carbons (Fsp3) is 0.737. The van der Waals surface area contributed by atoms with E-state index in [0.717, 1.165) is 32.2 Å². The van der Waals surface area contributed by atoms with Gasteiger partial charge in [0.05, 0.1) is 17.2 Å². The number of hydrogen-bond acceptors (Lipinski definition) is 7. The van der Waals surface area contributed by atoms with Crippen LogP contribution in [0.25, 0.3) is 0 Å². The summed E-state index contributed by atoms with van der Waals surface area (Å²) in [7, 11) is -3.47. The maximum atomic E-state index is 12.9. The van der Waals surface area contributed by atoms with Gasteiger partial charge in [-0.3, -0.25) is 9.59 Å². The summed E-state index contributed by atoms with van der Waals surface area (Å²) in [5.74, 6) is -0.899. The van der Waals surface area contributed by atoms with Gasteiger partial charge >= 0.3 is 0 Å². The minimum absolute atomic E-state index is 0.0442. The van der Waals surface area contributed by atoms with Gasteiger partial charge in [-0.15, -0.1) is 0 Å². The fourth-order valence-corrected chi connectivity index (χ4v) is 4.97. The maximum Gasteiger partial charge on any atom is 0.168 e. The predicted molar refractivity (Wildman–Crippen MR) is 101 cm³/mol. The number of nitrogens with zero attached hydrogens (tertiary/aromatic N) is 1. The second-order valence-corrected chi connectivity index (χ2v) is 10.4. The van der Waals surface area contributed by atoms with E-state index in [-0.39, 0.29) is 23.4 Å². The molecule has 0 radical (unpaired) electrons. The number of fused-ring (bicyclic) bond motifs is 1. The Bertz CT molecular complexity index is 821. The van der Waals surface area contributed by atoms with Gasteiger partial charge < -0.3 is 9.84 Å². The zero-order valence-corrected chi connectivity index (χ0v) is 17.0. The van der Waals surface area contributed by atoms with Crippen molar-refractivity contribution in [2.75, 3.05) is 25.1 Å². The second kappa shape index (κ2) is 7.83. The van der Waals surface area contributed by atoms with E-state index in [1.54, 1.807) is 0 Å². The highest BCUT2D eigenvalue weighted by atomic mass is 32.2. The first-order valence-corrected chi connectivity index (χ1v) is 11.7. The Morgan fingerprint density at radius 3 is 2.48 bits per heavy atom. The zero-order chi connectivity index (χ0) is 19.8. The number of piperidine rings is 1. The molecule has 2 heterocycles. The lowest BCUT2D eigenvalue weighted by atomic mass is 9.75. The Morgan fingerprint density at radius 1 is 1.22 bits per heavy atom. The molecule has 1 aromatic rings. The van der Waals surface area contributed by atoms with Gasteiger partial charge in [0.15, 0.2) is 27.2 Å². The van der Waals surface area contributed by atoms with Crippen LogP contribution in [-0.4, -0.2) is 50.2 Å². The predicted octanol–water partition coefficient (Wildman–Crippen LogP) is 1.77. The highest BCUT2D eigenvalue weighted by Crippen LogP contribution is 2.39. The number of rotatable bonds is 6. The van der Waals surface area contributed by atoms with Gasteiger partial charge in [0, 0.05) is 12.7 Å². The van der Waals surface area contributed by atoms with Crippen molar-refractivity contribution in [2.24, 2.45) is 17.8 Å². The van der Waals surface area contributed by atoms with Gasteiger partial charge in [-0.2, -0.15) is 0 Å². The molecular weight excluding hydrogens is 368 g/mol. The lowest BCUT2D eigenvalue weighted by Gasteiger charge is -2.29. The van der Waals surface area contributed by atoms with E-state index < -0.39 is 27.3 Å². The SMILES string of the molecule is CC(C)C1CC(=O)c2c(noc2C(C(=O)CS(C)(=O)=O)C2CCNCC2)C1. The van der Waals surface area contributed by atoms with E-state index in [2.05, 4.69) is 24.3 Å². The van der Waals surface area contributed by atoms with Gasteiger partial charge in [-0.25, -0.2) is 8.42 Å². The van der Waals surface area contributed by atoms with Crippen molar-refractivity contribution in [2.45, 2.75) is 45.4 Å². The first-order valence-electron chi connectivity index (χ1n) is 9.60. The Morgan fingerprint density at radius 2 is 1.89 bits per heavy atom. The Kier molecular flexibility index (Phi) is 5.86. The molecule has 2 aliphatic rings. The largest absolute Gasteiger partial charge is 0.360 e. The summed E-state index contributed by atoms with van der Waals surface area (Å²) >= 11 is 0. The molecular formula is C19H28N2O5S. The van der Waals surface area contributed by atoms with Crippen LogP contribution in [-0.2, 0) is 21.1 Å². The van der Waals surface area contributed by atoms with Crippen LogP contribution in [0.15, 0.2) is 4.52 Å². The van der Waals surface area contributed by atoms with Gasteiger partial charge in [-0.05, 0) is 50.1 Å². The Labute approximate surface area is 160 Å². The van der Waals surface area contributed by atoms with Crippen LogP contribution >= 0.6 is 0 Å². The number of carbonyl (C=O) groups is 2. The van der Waals surface area contributed by atoms with Gasteiger partial charge in [0.1, 0.15) is 5.75 Å². The number of nitrogens with one attached hydrogen (secondary N) is 1. The molecule has 0 spiro atoms. The van der Waals surface area contributed by atoms with Crippen molar-refractivity contribution in [1.82, 2.24) is 10.5 Å². The van der Waals surface area contributed by atoms with Crippen LogP contribution in [0.1, 0.15) is 60.8 Å². The van der Waals surface area contributed by atoms with E-state index in [0.29, 0.717) is 30.0 Å². The third-order valence-corrected chi connectivity index (χ3v) is 6.61. The summed E-state index contributed by atoms with van der Waals surface area (Å²) in [6.07, 6.45) is 3.59. The number of Topliss-reactive ketones (excluding diaryl/α,β-unsaturated/α-hetero) is 2. The highest BCUT2D eigenvalue weighted by Gasteiger charge is 2.41. The molecule has 0 saturated carbocycles. The normalized spacial score (nSPS) is 22.7. The fourth-order valence-electron chi connectivity index (χ4n) is 4.27. The van der Waals surface area contributed by atoms with Crippen LogP contribution in [0.3, 0.4) is 0 Å². The summed E-state index contributed by atoms with van der Waals surface area (Å²) in [6.45, 7) is 5.68. The summed E-state index contributed by atoms with van der Waals surface area (Å²) in [4.78, 5) is 25.8. The van der Waals surface area contributed by atoms with Crippen molar-refractivity contribution in [3.05, 3.63) is 17.0 Å². The lowest BCUT2D eigenvalue weighted by Crippen LogP contribution is -2.36. The van der Waals surface area contributed by atoms with Crippen molar-refractivity contribution in [3.8, 4) is 0 Å². The minimum atomic E-state index is -3.47. The van der Waals surface area contributed by atoms with Crippen molar-refractivity contribution < 1.29 is 22.5 Å². The van der Waals surface area contributed by atoms with E-state index in [9.17, 15) is 18.0 Å². The monoisotopic (exact) mass is 396 g/mol. The number of carbonyl (C=O) groups excluding carboxylic acids is 2. The molecule has 2 unspecified atom stereocenters. The quantitative estimate of drug-likeness (QED) is 0.781. The third kappa shape index (κ3) is 4.48. The van der Waals surface area contributed by atoms with Gasteiger partial charge in [0.25, 0.3) is 0 Å². The smallest absolute Gasteiger partial charge is 0.168 e. The molecule has 1 fully saturated rings. The summed E-state index contributed by atoms with van der Waals surface area (Å²) in [6, 6.07) is 0. The average molecular weight is 397 g/mol. The number of aromatic nitrogens is 1. The summed E-state index contributed by atoms with van der Waals surface area (Å²) < 4.78 is 29.0.